The largest absolute Gasteiger partial charge is 0.432 e. The van der Waals surface area contributed by atoms with E-state index in [1.165, 1.54) is 0 Å². The van der Waals surface area contributed by atoms with Crippen molar-refractivity contribution in [2.75, 3.05) is 0 Å². The van der Waals surface area contributed by atoms with E-state index < -0.39 is 26.7 Å². The van der Waals surface area contributed by atoms with Crippen LogP contribution in [0.1, 0.15) is 4.88 Å². The Bertz CT molecular complexity index is 348. The SMILES string of the molecule is O=[N+]([O-])c1c(Cl)[c]sc1C(F)(F)F. The predicted octanol–water partition coefficient (Wildman–Crippen LogP) is 3.13. The van der Waals surface area contributed by atoms with E-state index >= 15 is 0 Å². The highest BCUT2D eigenvalue weighted by molar-refractivity contribution is 7.10. The third-order valence-corrected chi connectivity index (χ3v) is 2.43. The minimum atomic E-state index is -4.75. The Hall–Kier alpha value is -0.820. The average Bonchev–Trinajstić information content (AvgIpc) is 2.28. The Labute approximate surface area is 78.9 Å². The van der Waals surface area contributed by atoms with Crippen LogP contribution >= 0.6 is 22.9 Å². The number of hydrogen-bond donors (Lipinski definition) is 0. The fraction of sp³-hybridized carbons (Fsp3) is 0.200. The summed E-state index contributed by atoms with van der Waals surface area (Å²) < 4.78 is 36.1. The summed E-state index contributed by atoms with van der Waals surface area (Å²) in [4.78, 5) is 7.66. The van der Waals surface area contributed by atoms with Crippen molar-refractivity contribution in [2.24, 2.45) is 0 Å². The summed E-state index contributed by atoms with van der Waals surface area (Å²) in [5.74, 6) is 0. The van der Waals surface area contributed by atoms with Gasteiger partial charge in [0, 0.05) is 0 Å². The molecule has 1 aromatic rings. The van der Waals surface area contributed by atoms with Crippen molar-refractivity contribution < 1.29 is 18.1 Å². The maximum atomic E-state index is 12.0. The second-order valence-electron chi connectivity index (χ2n) is 1.95. The molecule has 0 aliphatic carbocycles. The van der Waals surface area contributed by atoms with Gasteiger partial charge in [0.05, 0.1) is 10.3 Å². The molecule has 0 fully saturated rings. The van der Waals surface area contributed by atoms with Crippen molar-refractivity contribution >= 4 is 28.6 Å². The second-order valence-corrected chi connectivity index (χ2v) is 3.15. The van der Waals surface area contributed by atoms with Crippen molar-refractivity contribution in [2.45, 2.75) is 6.18 Å². The van der Waals surface area contributed by atoms with E-state index in [1.54, 1.807) is 0 Å². The van der Waals surface area contributed by atoms with Gasteiger partial charge in [0.1, 0.15) is 5.02 Å². The van der Waals surface area contributed by atoms with Crippen LogP contribution in [0.5, 0.6) is 0 Å². The van der Waals surface area contributed by atoms with Gasteiger partial charge in [0.25, 0.3) is 0 Å². The number of alkyl halides is 3. The van der Waals surface area contributed by atoms with E-state index in [1.807, 2.05) is 5.38 Å². The van der Waals surface area contributed by atoms with Crippen molar-refractivity contribution in [1.29, 1.82) is 0 Å². The van der Waals surface area contributed by atoms with Crippen LogP contribution in [-0.2, 0) is 6.18 Å². The zero-order valence-electron chi connectivity index (χ0n) is 5.68. The lowest BCUT2D eigenvalue weighted by molar-refractivity contribution is -0.387. The zero-order valence-corrected chi connectivity index (χ0v) is 7.26. The van der Waals surface area contributed by atoms with Gasteiger partial charge in [0.2, 0.25) is 0 Å². The van der Waals surface area contributed by atoms with Gasteiger partial charge in [-0.25, -0.2) is 0 Å². The van der Waals surface area contributed by atoms with Gasteiger partial charge in [0.15, 0.2) is 4.88 Å². The number of nitrogens with zero attached hydrogens (tertiary/aromatic N) is 1. The molecule has 0 saturated heterocycles. The first-order valence-electron chi connectivity index (χ1n) is 2.75. The summed E-state index contributed by atoms with van der Waals surface area (Å²) in [5.41, 5.74) is -1.13. The fourth-order valence-electron chi connectivity index (χ4n) is 0.647. The smallest absolute Gasteiger partial charge is 0.258 e. The van der Waals surface area contributed by atoms with Crippen molar-refractivity contribution in [3.05, 3.63) is 25.4 Å². The Morgan fingerprint density at radius 1 is 1.54 bits per heavy atom. The van der Waals surface area contributed by atoms with E-state index in [-0.39, 0.29) is 11.3 Å². The predicted molar refractivity (Wildman–Crippen MR) is 39.8 cm³/mol. The summed E-state index contributed by atoms with van der Waals surface area (Å²) in [6.45, 7) is 0. The van der Waals surface area contributed by atoms with Crippen molar-refractivity contribution in [1.82, 2.24) is 0 Å². The van der Waals surface area contributed by atoms with Crippen molar-refractivity contribution in [3.8, 4) is 0 Å². The van der Waals surface area contributed by atoms with Gasteiger partial charge in [-0.1, -0.05) is 11.6 Å². The first kappa shape index (κ1) is 10.3. The van der Waals surface area contributed by atoms with E-state index in [0.29, 0.717) is 0 Å². The lowest BCUT2D eigenvalue weighted by Gasteiger charge is -2.01. The average molecular weight is 231 g/mol. The topological polar surface area (TPSA) is 43.1 Å². The summed E-state index contributed by atoms with van der Waals surface area (Å²) in [6.07, 6.45) is -4.75. The summed E-state index contributed by atoms with van der Waals surface area (Å²) >= 11 is 5.25. The molecular weight excluding hydrogens is 231 g/mol. The third-order valence-electron chi connectivity index (χ3n) is 1.11. The number of hydrogen-bond acceptors (Lipinski definition) is 3. The van der Waals surface area contributed by atoms with Gasteiger partial charge in [-0.05, 0) is 0 Å². The van der Waals surface area contributed by atoms with Crippen LogP contribution < -0.4 is 0 Å². The van der Waals surface area contributed by atoms with Gasteiger partial charge in [-0.3, -0.25) is 10.1 Å². The molecule has 0 saturated carbocycles. The van der Waals surface area contributed by atoms with E-state index in [2.05, 4.69) is 0 Å². The normalized spacial score (nSPS) is 11.7. The highest BCUT2D eigenvalue weighted by atomic mass is 35.5. The van der Waals surface area contributed by atoms with Gasteiger partial charge < -0.3 is 0 Å². The monoisotopic (exact) mass is 230 g/mol. The molecule has 13 heavy (non-hydrogen) atoms. The molecule has 0 amide bonds. The molecule has 0 aliphatic heterocycles. The molecule has 0 atom stereocenters. The Balaban J connectivity index is 3.31. The summed E-state index contributed by atoms with van der Waals surface area (Å²) in [5, 5.41) is 11.5. The maximum absolute atomic E-state index is 12.0. The number of thiophene rings is 1. The number of rotatable bonds is 1. The molecule has 0 bridgehead atoms. The Morgan fingerprint density at radius 2 is 2.08 bits per heavy atom. The molecule has 0 aromatic carbocycles. The van der Waals surface area contributed by atoms with Crippen LogP contribution in [0.4, 0.5) is 18.9 Å². The fourth-order valence-corrected chi connectivity index (χ4v) is 1.66. The molecule has 0 aliphatic rings. The minimum Gasteiger partial charge on any atom is -0.258 e. The van der Waals surface area contributed by atoms with Crippen molar-refractivity contribution in [3.63, 3.8) is 0 Å². The van der Waals surface area contributed by atoms with Crippen LogP contribution in [-0.4, -0.2) is 4.92 Å². The third kappa shape index (κ3) is 1.92. The molecule has 1 heterocycles. The molecule has 0 unspecified atom stereocenters. The molecule has 71 valence electrons. The van der Waals surface area contributed by atoms with Gasteiger partial charge in [-0.15, -0.1) is 11.3 Å². The zero-order chi connectivity index (χ0) is 10.2. The summed E-state index contributed by atoms with van der Waals surface area (Å²) in [7, 11) is 0. The second kappa shape index (κ2) is 3.15. The minimum absolute atomic E-state index is 0.0878. The molecule has 1 rings (SSSR count). The van der Waals surface area contributed by atoms with Crippen LogP contribution in [0.3, 0.4) is 0 Å². The van der Waals surface area contributed by atoms with Crippen LogP contribution in [0.2, 0.25) is 5.02 Å². The number of halogens is 4. The first-order valence-corrected chi connectivity index (χ1v) is 3.95. The Morgan fingerprint density at radius 3 is 2.38 bits per heavy atom. The first-order chi connectivity index (χ1) is 5.84. The molecule has 0 spiro atoms. The Kier molecular flexibility index (Phi) is 2.49. The molecule has 3 nitrogen and oxygen atoms in total. The molecular formula is C5ClF3NO2S. The number of nitro groups is 1. The van der Waals surface area contributed by atoms with E-state index in [9.17, 15) is 23.3 Å². The van der Waals surface area contributed by atoms with E-state index in [0.717, 1.165) is 0 Å². The molecule has 1 radical (unpaired) electrons. The molecule has 0 N–H and O–H groups in total. The van der Waals surface area contributed by atoms with Gasteiger partial charge in [-0.2, -0.15) is 13.2 Å². The lowest BCUT2D eigenvalue weighted by Crippen LogP contribution is -2.05. The van der Waals surface area contributed by atoms with E-state index in [4.69, 9.17) is 11.6 Å². The lowest BCUT2D eigenvalue weighted by atomic mass is 10.4. The maximum Gasteiger partial charge on any atom is 0.432 e. The highest BCUT2D eigenvalue weighted by Gasteiger charge is 2.42. The van der Waals surface area contributed by atoms with Crippen LogP contribution in [0.15, 0.2) is 0 Å². The van der Waals surface area contributed by atoms with Crippen LogP contribution in [0, 0.1) is 15.5 Å². The quantitative estimate of drug-likeness (QED) is 0.549. The molecule has 8 heteroatoms. The van der Waals surface area contributed by atoms with Gasteiger partial charge >= 0.3 is 11.9 Å². The molecule has 1 aromatic heterocycles. The standard InChI is InChI=1S/C5ClF3NO2S/c6-2-1-13-4(5(7,8)9)3(2)10(11)12. The van der Waals surface area contributed by atoms with Crippen LogP contribution in [0.25, 0.3) is 0 Å². The summed E-state index contributed by atoms with van der Waals surface area (Å²) in [6, 6.07) is 0. The highest BCUT2D eigenvalue weighted by Crippen LogP contribution is 2.43.